The molecule has 0 unspecified atom stereocenters. The molecule has 0 saturated heterocycles. The van der Waals surface area contributed by atoms with Crippen molar-refractivity contribution in [2.24, 2.45) is 5.73 Å². The Morgan fingerprint density at radius 1 is 0.595 bits per heavy atom. The van der Waals surface area contributed by atoms with Gasteiger partial charge in [0.15, 0.2) is 0 Å². The van der Waals surface area contributed by atoms with Gasteiger partial charge in [-0.05, 0) is 66.4 Å². The van der Waals surface area contributed by atoms with Crippen molar-refractivity contribution in [2.75, 3.05) is 4.90 Å². The summed E-state index contributed by atoms with van der Waals surface area (Å²) in [7, 11) is 0. The minimum absolute atomic E-state index is 0.388. The van der Waals surface area contributed by atoms with Crippen LogP contribution in [0.4, 0.5) is 17.2 Å². The topological polar surface area (TPSA) is 55.0 Å². The van der Waals surface area contributed by atoms with Gasteiger partial charge in [0, 0.05) is 34.9 Å². The lowest BCUT2D eigenvalue weighted by molar-refractivity contribution is 0.401. The lowest BCUT2D eigenvalue weighted by atomic mass is 9.89. The zero-order valence-corrected chi connectivity index (χ0v) is 21.4. The van der Waals surface area contributed by atoms with Crippen molar-refractivity contribution in [3.05, 3.63) is 127 Å². The summed E-state index contributed by atoms with van der Waals surface area (Å²) in [6.07, 6.45) is 5.60. The average molecular weight is 485 g/mol. The zero-order valence-electron chi connectivity index (χ0n) is 21.4. The number of hydrogen-bond donors (Lipinski definition) is 1. The standard InChI is InChI=1S/C33H32N4/c1-3-33(34,4-2)31-21-19-25(23-35-31)29-17-11-12-18-30(29)26-20-22-32(36-24-26)37(27-13-7-5-8-14-27)28-15-9-6-10-16-28/h5-24H,3-4,34H2,1-2H3. The Morgan fingerprint density at radius 3 is 1.51 bits per heavy atom. The summed E-state index contributed by atoms with van der Waals surface area (Å²) in [5, 5.41) is 0. The maximum absolute atomic E-state index is 6.58. The fourth-order valence-corrected chi connectivity index (χ4v) is 4.69. The van der Waals surface area contributed by atoms with Crippen LogP contribution in [0.15, 0.2) is 122 Å². The quantitative estimate of drug-likeness (QED) is 0.241. The molecule has 4 heteroatoms. The number of hydrogen-bond acceptors (Lipinski definition) is 4. The SMILES string of the molecule is CCC(N)(CC)c1ccc(-c2ccccc2-c2ccc(N(c3ccccc3)c3ccccc3)nc2)cn1. The molecule has 0 amide bonds. The van der Waals surface area contributed by atoms with Crippen LogP contribution >= 0.6 is 0 Å². The third-order valence-electron chi connectivity index (χ3n) is 7.09. The van der Waals surface area contributed by atoms with Crippen molar-refractivity contribution >= 4 is 17.2 Å². The lowest BCUT2D eigenvalue weighted by Crippen LogP contribution is -2.35. The molecule has 0 spiro atoms. The fraction of sp³-hybridized carbons (Fsp3) is 0.152. The predicted molar refractivity (Wildman–Crippen MR) is 154 cm³/mol. The molecule has 2 aromatic heterocycles. The Hall–Kier alpha value is -4.28. The maximum atomic E-state index is 6.58. The first-order chi connectivity index (χ1) is 18.1. The molecule has 0 saturated carbocycles. The Labute approximate surface area is 219 Å². The smallest absolute Gasteiger partial charge is 0.137 e. The molecule has 0 aliphatic carbocycles. The Kier molecular flexibility index (Phi) is 7.11. The molecular formula is C33H32N4. The van der Waals surface area contributed by atoms with E-state index in [1.54, 1.807) is 0 Å². The molecule has 5 aromatic rings. The normalized spacial score (nSPS) is 11.3. The summed E-state index contributed by atoms with van der Waals surface area (Å²) in [5.41, 5.74) is 13.6. The molecule has 184 valence electrons. The van der Waals surface area contributed by atoms with Crippen LogP contribution in [0.3, 0.4) is 0 Å². The fourth-order valence-electron chi connectivity index (χ4n) is 4.69. The van der Waals surface area contributed by atoms with E-state index in [1.807, 2.05) is 48.8 Å². The van der Waals surface area contributed by atoms with E-state index in [9.17, 15) is 0 Å². The monoisotopic (exact) mass is 484 g/mol. The highest BCUT2D eigenvalue weighted by molar-refractivity contribution is 5.84. The number of nitrogens with zero attached hydrogens (tertiary/aromatic N) is 3. The van der Waals surface area contributed by atoms with Gasteiger partial charge in [0.25, 0.3) is 0 Å². The van der Waals surface area contributed by atoms with Crippen molar-refractivity contribution in [1.82, 2.24) is 9.97 Å². The summed E-state index contributed by atoms with van der Waals surface area (Å²) in [5.74, 6) is 0.864. The van der Waals surface area contributed by atoms with Crippen molar-refractivity contribution in [3.8, 4) is 22.3 Å². The van der Waals surface area contributed by atoms with E-state index in [0.717, 1.165) is 58.0 Å². The first-order valence-corrected chi connectivity index (χ1v) is 12.8. The number of para-hydroxylation sites is 2. The largest absolute Gasteiger partial charge is 0.320 e. The van der Waals surface area contributed by atoms with Crippen LogP contribution in [0.2, 0.25) is 0 Å². The minimum atomic E-state index is -0.388. The summed E-state index contributed by atoms with van der Waals surface area (Å²) in [4.78, 5) is 11.8. The summed E-state index contributed by atoms with van der Waals surface area (Å²) < 4.78 is 0. The number of rotatable bonds is 8. The molecule has 0 bridgehead atoms. The molecule has 3 aromatic carbocycles. The second kappa shape index (κ2) is 10.8. The zero-order chi connectivity index (χ0) is 25.7. The van der Waals surface area contributed by atoms with E-state index in [0.29, 0.717) is 0 Å². The average Bonchev–Trinajstić information content (AvgIpc) is 2.98. The van der Waals surface area contributed by atoms with Gasteiger partial charge in [0.1, 0.15) is 5.82 Å². The summed E-state index contributed by atoms with van der Waals surface area (Å²) in [6, 6.07) is 37.4. The van der Waals surface area contributed by atoms with Crippen LogP contribution in [-0.4, -0.2) is 9.97 Å². The number of aromatic nitrogens is 2. The van der Waals surface area contributed by atoms with Gasteiger partial charge in [-0.3, -0.25) is 9.88 Å². The number of benzene rings is 3. The molecule has 0 aliphatic heterocycles. The molecule has 0 atom stereocenters. The van der Waals surface area contributed by atoms with Gasteiger partial charge in [-0.1, -0.05) is 80.6 Å². The summed E-state index contributed by atoms with van der Waals surface area (Å²) >= 11 is 0. The Bertz CT molecular complexity index is 1390. The van der Waals surface area contributed by atoms with Gasteiger partial charge in [-0.15, -0.1) is 0 Å². The Morgan fingerprint density at radius 2 is 1.08 bits per heavy atom. The Balaban J connectivity index is 1.50. The second-order valence-corrected chi connectivity index (χ2v) is 9.25. The molecular weight excluding hydrogens is 452 g/mol. The highest BCUT2D eigenvalue weighted by Gasteiger charge is 2.24. The third-order valence-corrected chi connectivity index (χ3v) is 7.09. The lowest BCUT2D eigenvalue weighted by Gasteiger charge is -2.26. The van der Waals surface area contributed by atoms with E-state index in [-0.39, 0.29) is 5.54 Å². The van der Waals surface area contributed by atoms with Crippen molar-refractivity contribution < 1.29 is 0 Å². The number of pyridine rings is 2. The number of anilines is 3. The number of nitrogens with two attached hydrogens (primary N) is 1. The highest BCUT2D eigenvalue weighted by atomic mass is 15.2. The molecule has 0 fully saturated rings. The molecule has 37 heavy (non-hydrogen) atoms. The van der Waals surface area contributed by atoms with E-state index in [1.165, 1.54) is 0 Å². The molecule has 2 N–H and O–H groups in total. The van der Waals surface area contributed by atoms with Gasteiger partial charge in [0.2, 0.25) is 0 Å². The van der Waals surface area contributed by atoms with Gasteiger partial charge in [-0.2, -0.15) is 0 Å². The van der Waals surface area contributed by atoms with Crippen molar-refractivity contribution in [2.45, 2.75) is 32.2 Å². The molecule has 0 aliphatic rings. The third kappa shape index (κ3) is 5.02. The van der Waals surface area contributed by atoms with E-state index in [2.05, 4.69) is 91.5 Å². The van der Waals surface area contributed by atoms with Crippen LogP contribution in [0.1, 0.15) is 32.4 Å². The highest BCUT2D eigenvalue weighted by Crippen LogP contribution is 2.36. The van der Waals surface area contributed by atoms with Crippen LogP contribution in [0.5, 0.6) is 0 Å². The van der Waals surface area contributed by atoms with Gasteiger partial charge in [0.05, 0.1) is 11.2 Å². The molecule has 2 heterocycles. The minimum Gasteiger partial charge on any atom is -0.320 e. The molecule has 0 radical (unpaired) electrons. The summed E-state index contributed by atoms with van der Waals surface area (Å²) in [6.45, 7) is 4.23. The maximum Gasteiger partial charge on any atom is 0.137 e. The second-order valence-electron chi connectivity index (χ2n) is 9.25. The van der Waals surface area contributed by atoms with Crippen LogP contribution < -0.4 is 10.6 Å². The van der Waals surface area contributed by atoms with Crippen molar-refractivity contribution in [3.63, 3.8) is 0 Å². The van der Waals surface area contributed by atoms with Gasteiger partial charge in [-0.25, -0.2) is 4.98 Å². The predicted octanol–water partition coefficient (Wildman–Crippen LogP) is 8.25. The molecule has 4 nitrogen and oxygen atoms in total. The van der Waals surface area contributed by atoms with E-state index >= 15 is 0 Å². The first-order valence-electron chi connectivity index (χ1n) is 12.8. The van der Waals surface area contributed by atoms with Crippen LogP contribution in [-0.2, 0) is 5.54 Å². The first kappa shape index (κ1) is 24.4. The van der Waals surface area contributed by atoms with Crippen LogP contribution in [0.25, 0.3) is 22.3 Å². The van der Waals surface area contributed by atoms with Gasteiger partial charge < -0.3 is 5.73 Å². The van der Waals surface area contributed by atoms with Crippen molar-refractivity contribution in [1.29, 1.82) is 0 Å². The van der Waals surface area contributed by atoms with Crippen LogP contribution in [0, 0.1) is 0 Å². The molecule has 5 rings (SSSR count). The van der Waals surface area contributed by atoms with Gasteiger partial charge >= 0.3 is 0 Å². The van der Waals surface area contributed by atoms with E-state index in [4.69, 9.17) is 15.7 Å². The van der Waals surface area contributed by atoms with E-state index < -0.39 is 0 Å².